The van der Waals surface area contributed by atoms with E-state index in [4.69, 9.17) is 4.74 Å². The van der Waals surface area contributed by atoms with Crippen molar-refractivity contribution in [1.29, 1.82) is 0 Å². The molecule has 1 aromatic heterocycles. The zero-order chi connectivity index (χ0) is 14.9. The number of hydrogen-bond donors (Lipinski definition) is 1. The number of H-pyrrole nitrogens is 1. The molecule has 2 atom stereocenters. The van der Waals surface area contributed by atoms with Gasteiger partial charge in [0.05, 0.1) is 20.5 Å². The van der Waals surface area contributed by atoms with Gasteiger partial charge in [0, 0.05) is 11.8 Å². The molecule has 1 saturated heterocycles. The van der Waals surface area contributed by atoms with Gasteiger partial charge in [-0.3, -0.25) is 14.3 Å². The van der Waals surface area contributed by atoms with Gasteiger partial charge < -0.3 is 23.6 Å². The predicted molar refractivity (Wildman–Crippen MR) is 62.8 cm³/mol. The van der Waals surface area contributed by atoms with Crippen molar-refractivity contribution < 1.29 is 23.6 Å². The Hall–Kier alpha value is -1.25. The molecule has 0 amide bonds. The van der Waals surface area contributed by atoms with Gasteiger partial charge in [-0.25, -0.2) is 4.79 Å². The molecule has 1 aliphatic heterocycles. The highest BCUT2D eigenvalue weighted by molar-refractivity contribution is 7.43. The Labute approximate surface area is 113 Å². The van der Waals surface area contributed by atoms with E-state index in [1.807, 2.05) is 0 Å². The lowest BCUT2D eigenvalue weighted by atomic mass is 10.2. The molecule has 1 aliphatic rings. The molecule has 1 aromatic rings. The van der Waals surface area contributed by atoms with Gasteiger partial charge in [0.2, 0.25) is 0 Å². The van der Waals surface area contributed by atoms with Gasteiger partial charge >= 0.3 is 5.69 Å². The van der Waals surface area contributed by atoms with Crippen molar-refractivity contribution in [2.45, 2.75) is 32.1 Å². The van der Waals surface area contributed by atoms with Crippen LogP contribution in [-0.2, 0) is 13.8 Å². The van der Waals surface area contributed by atoms with E-state index < -0.39 is 31.4 Å². The largest absolute Gasteiger partial charge is 0.790 e. The number of hydrogen-bond acceptors (Lipinski definition) is 7. The topological polar surface area (TPSA) is 137 Å². The second-order valence-corrected chi connectivity index (χ2v) is 5.66. The second-order valence-electron chi connectivity index (χ2n) is 4.51. The first-order chi connectivity index (χ1) is 9.26. The first-order valence-corrected chi connectivity index (χ1v) is 7.36. The van der Waals surface area contributed by atoms with Crippen LogP contribution >= 0.6 is 7.82 Å². The fraction of sp³-hybridized carbons (Fsp3) is 0.600. The Morgan fingerprint density at radius 1 is 1.50 bits per heavy atom. The monoisotopic (exact) mass is 304 g/mol. The fourth-order valence-corrected chi connectivity index (χ4v) is 2.34. The van der Waals surface area contributed by atoms with Crippen LogP contribution in [0, 0.1) is 6.92 Å². The molecule has 112 valence electrons. The Balaban J connectivity index is 2.06. The van der Waals surface area contributed by atoms with Crippen LogP contribution < -0.4 is 21.0 Å². The summed E-state index contributed by atoms with van der Waals surface area (Å²) in [5.41, 5.74) is -0.718. The van der Waals surface area contributed by atoms with Crippen LogP contribution in [0.1, 0.15) is 24.6 Å². The summed E-state index contributed by atoms with van der Waals surface area (Å²) in [6.45, 7) is 1.17. The highest BCUT2D eigenvalue weighted by atomic mass is 31.2. The summed E-state index contributed by atoms with van der Waals surface area (Å²) in [7, 11) is -5.03. The van der Waals surface area contributed by atoms with Crippen molar-refractivity contribution in [3.63, 3.8) is 0 Å². The third-order valence-corrected chi connectivity index (χ3v) is 3.43. The first kappa shape index (κ1) is 15.1. The molecule has 2 rings (SSSR count). The van der Waals surface area contributed by atoms with Crippen LogP contribution in [0.15, 0.2) is 15.8 Å². The van der Waals surface area contributed by atoms with Crippen LogP contribution in [-0.4, -0.2) is 22.3 Å². The number of aryl methyl sites for hydroxylation is 1. The van der Waals surface area contributed by atoms with Crippen molar-refractivity contribution >= 4 is 7.82 Å². The van der Waals surface area contributed by atoms with E-state index in [1.165, 1.54) is 10.8 Å². The lowest BCUT2D eigenvalue weighted by molar-refractivity contribution is -0.342. The maximum atomic E-state index is 11.7. The summed E-state index contributed by atoms with van der Waals surface area (Å²) in [4.78, 5) is 45.8. The Morgan fingerprint density at radius 2 is 2.20 bits per heavy atom. The van der Waals surface area contributed by atoms with Gasteiger partial charge in [0.15, 0.2) is 0 Å². The summed E-state index contributed by atoms with van der Waals surface area (Å²) in [5.74, 6) is 0. The summed E-state index contributed by atoms with van der Waals surface area (Å²) in [6.07, 6.45) is 1.05. The quantitative estimate of drug-likeness (QED) is 0.659. The molecule has 0 aromatic carbocycles. The van der Waals surface area contributed by atoms with E-state index in [0.29, 0.717) is 18.4 Å². The second kappa shape index (κ2) is 5.63. The van der Waals surface area contributed by atoms with Crippen molar-refractivity contribution in [2.75, 3.05) is 6.61 Å². The summed E-state index contributed by atoms with van der Waals surface area (Å²) in [5, 5.41) is 0. The predicted octanol–water partition coefficient (Wildman–Crippen LogP) is -1.63. The molecule has 20 heavy (non-hydrogen) atoms. The molecule has 2 heterocycles. The van der Waals surface area contributed by atoms with Crippen molar-refractivity contribution in [3.8, 4) is 0 Å². The minimum atomic E-state index is -5.03. The van der Waals surface area contributed by atoms with E-state index in [2.05, 4.69) is 9.51 Å². The number of ether oxygens (including phenoxy) is 1. The molecule has 0 unspecified atom stereocenters. The molecule has 9 nitrogen and oxygen atoms in total. The van der Waals surface area contributed by atoms with Crippen LogP contribution in [0.4, 0.5) is 0 Å². The van der Waals surface area contributed by atoms with Gasteiger partial charge in [0.25, 0.3) is 5.56 Å². The number of aromatic nitrogens is 2. The first-order valence-electron chi connectivity index (χ1n) is 5.90. The van der Waals surface area contributed by atoms with Gasteiger partial charge in [-0.05, 0) is 19.8 Å². The molecule has 1 fully saturated rings. The van der Waals surface area contributed by atoms with E-state index in [9.17, 15) is 23.9 Å². The Morgan fingerprint density at radius 3 is 2.85 bits per heavy atom. The number of phosphoric ester groups is 1. The number of rotatable bonds is 4. The molecule has 10 heteroatoms. The van der Waals surface area contributed by atoms with Gasteiger partial charge in [0.1, 0.15) is 6.23 Å². The van der Waals surface area contributed by atoms with Crippen LogP contribution in [0.2, 0.25) is 0 Å². The maximum Gasteiger partial charge on any atom is 0.330 e. The van der Waals surface area contributed by atoms with E-state index in [1.54, 1.807) is 6.92 Å². The number of nitrogens with zero attached hydrogens (tertiary/aromatic N) is 1. The third-order valence-electron chi connectivity index (χ3n) is 2.96. The van der Waals surface area contributed by atoms with Crippen LogP contribution in [0.25, 0.3) is 0 Å². The summed E-state index contributed by atoms with van der Waals surface area (Å²) < 4.78 is 21.2. The molecule has 0 bridgehead atoms. The lowest BCUT2D eigenvalue weighted by Crippen LogP contribution is -2.33. The average Bonchev–Trinajstić information content (AvgIpc) is 2.79. The zero-order valence-corrected chi connectivity index (χ0v) is 11.5. The minimum absolute atomic E-state index is 0.358. The zero-order valence-electron chi connectivity index (χ0n) is 10.6. The summed E-state index contributed by atoms with van der Waals surface area (Å²) >= 11 is 0. The molecule has 0 spiro atoms. The minimum Gasteiger partial charge on any atom is -0.790 e. The van der Waals surface area contributed by atoms with Gasteiger partial charge in [-0.15, -0.1) is 0 Å². The fourth-order valence-electron chi connectivity index (χ4n) is 1.99. The van der Waals surface area contributed by atoms with Crippen molar-refractivity contribution in [1.82, 2.24) is 9.55 Å². The third kappa shape index (κ3) is 3.65. The van der Waals surface area contributed by atoms with Crippen molar-refractivity contribution in [3.05, 3.63) is 32.6 Å². The maximum absolute atomic E-state index is 11.7. The smallest absolute Gasteiger partial charge is 0.330 e. The molecule has 0 saturated carbocycles. The van der Waals surface area contributed by atoms with E-state index in [0.717, 1.165) is 0 Å². The molecular weight excluding hydrogens is 291 g/mol. The van der Waals surface area contributed by atoms with Gasteiger partial charge in [-0.1, -0.05) is 0 Å². The highest BCUT2D eigenvalue weighted by Crippen LogP contribution is 2.31. The standard InChI is InChI=1S/C10H15N2O7P/c1-6-4-12(10(14)11-9(6)13)8-3-2-7(19-8)5-18-20(15,16)17/h4,7-8H,2-3,5H2,1H3,(H,11,13,14)(H2,15,16,17)/p-2/t7-,8+/m0/s1. The molecule has 0 aliphatic carbocycles. The number of phosphoric acid groups is 1. The highest BCUT2D eigenvalue weighted by Gasteiger charge is 2.27. The van der Waals surface area contributed by atoms with Gasteiger partial charge in [-0.2, -0.15) is 0 Å². The Bertz CT molecular complexity index is 646. The SMILES string of the molecule is Cc1cn([C@H]2CC[C@@H](COP(=O)([O-])[O-])O2)c(=O)[nH]c1=O. The average molecular weight is 304 g/mol. The molecular formula is C10H13N2O7P-2. The van der Waals surface area contributed by atoms with Crippen LogP contribution in [0.5, 0.6) is 0 Å². The van der Waals surface area contributed by atoms with Crippen molar-refractivity contribution in [2.24, 2.45) is 0 Å². The van der Waals surface area contributed by atoms with Crippen LogP contribution in [0.3, 0.4) is 0 Å². The number of aromatic amines is 1. The van der Waals surface area contributed by atoms with E-state index in [-0.39, 0.29) is 6.61 Å². The summed E-state index contributed by atoms with van der Waals surface area (Å²) in [6, 6.07) is 0. The Kier molecular flexibility index (Phi) is 4.26. The lowest BCUT2D eigenvalue weighted by Gasteiger charge is -2.29. The molecule has 0 radical (unpaired) electrons. The number of nitrogens with one attached hydrogen (secondary N) is 1. The molecule has 1 N–H and O–H groups in total. The normalized spacial score (nSPS) is 23.1. The van der Waals surface area contributed by atoms with E-state index >= 15 is 0 Å².